The molecule has 3 rings (SSSR count). The molecule has 0 atom stereocenters. The van der Waals surface area contributed by atoms with Crippen LogP contribution in [-0.4, -0.2) is 18.3 Å². The van der Waals surface area contributed by atoms with E-state index in [1.54, 1.807) is 0 Å². The lowest BCUT2D eigenvalue weighted by atomic mass is 9.78. The minimum Gasteiger partial charge on any atom is -0.399 e. The molecule has 104 valence electrons. The number of benzene rings is 2. The third-order valence-corrected chi connectivity index (χ3v) is 4.47. The zero-order chi connectivity index (χ0) is 14.5. The summed E-state index contributed by atoms with van der Waals surface area (Å²) >= 11 is 0. The van der Waals surface area contributed by atoms with Crippen molar-refractivity contribution in [3.05, 3.63) is 36.4 Å². The van der Waals surface area contributed by atoms with Crippen molar-refractivity contribution in [3.63, 3.8) is 0 Å². The van der Waals surface area contributed by atoms with Crippen LogP contribution in [0.3, 0.4) is 0 Å². The van der Waals surface area contributed by atoms with Gasteiger partial charge in [-0.25, -0.2) is 0 Å². The van der Waals surface area contributed by atoms with Crippen molar-refractivity contribution in [3.8, 4) is 0 Å². The van der Waals surface area contributed by atoms with Gasteiger partial charge in [0, 0.05) is 11.1 Å². The lowest BCUT2D eigenvalue weighted by Crippen LogP contribution is -2.41. The molecule has 0 radical (unpaired) electrons. The summed E-state index contributed by atoms with van der Waals surface area (Å²) in [6.07, 6.45) is 0. The number of fused-ring (bicyclic) bond motifs is 1. The van der Waals surface area contributed by atoms with Crippen molar-refractivity contribution < 1.29 is 9.31 Å². The molecule has 1 aliphatic heterocycles. The number of hydrogen-bond donors (Lipinski definition) is 1. The van der Waals surface area contributed by atoms with Crippen LogP contribution in [0.4, 0.5) is 5.69 Å². The second-order valence-corrected chi connectivity index (χ2v) is 6.42. The highest BCUT2D eigenvalue weighted by Gasteiger charge is 2.51. The van der Waals surface area contributed by atoms with Crippen molar-refractivity contribution in [1.82, 2.24) is 0 Å². The van der Waals surface area contributed by atoms with Gasteiger partial charge in [-0.15, -0.1) is 0 Å². The summed E-state index contributed by atoms with van der Waals surface area (Å²) in [7, 11) is -0.344. The van der Waals surface area contributed by atoms with Gasteiger partial charge in [-0.2, -0.15) is 0 Å². The molecule has 0 bridgehead atoms. The zero-order valence-electron chi connectivity index (χ0n) is 12.4. The molecule has 0 spiro atoms. The summed E-state index contributed by atoms with van der Waals surface area (Å²) in [4.78, 5) is 0. The van der Waals surface area contributed by atoms with Gasteiger partial charge in [0.2, 0.25) is 0 Å². The standard InChI is InChI=1S/C16H20BNO2/c1-15(2)16(3,4)20-17(19-15)12-9-8-11-6-5-7-14(18)13(11)10-12/h5-10H,18H2,1-4H3. The Balaban J connectivity index is 2.02. The van der Waals surface area contributed by atoms with Gasteiger partial charge in [0.05, 0.1) is 11.2 Å². The molecular formula is C16H20BNO2. The summed E-state index contributed by atoms with van der Waals surface area (Å²) < 4.78 is 12.2. The van der Waals surface area contributed by atoms with Crippen molar-refractivity contribution in [2.24, 2.45) is 0 Å². The number of rotatable bonds is 1. The summed E-state index contributed by atoms with van der Waals surface area (Å²) in [6.45, 7) is 8.23. The molecule has 2 aromatic rings. The second kappa shape index (κ2) is 4.24. The van der Waals surface area contributed by atoms with Gasteiger partial charge in [0.1, 0.15) is 0 Å². The topological polar surface area (TPSA) is 44.5 Å². The number of anilines is 1. The molecule has 0 aliphatic carbocycles. The van der Waals surface area contributed by atoms with E-state index in [0.29, 0.717) is 0 Å². The van der Waals surface area contributed by atoms with Crippen LogP contribution in [0.15, 0.2) is 36.4 Å². The van der Waals surface area contributed by atoms with Crippen molar-refractivity contribution >= 4 is 29.0 Å². The normalized spacial score (nSPS) is 20.5. The Morgan fingerprint density at radius 1 is 0.950 bits per heavy atom. The van der Waals surface area contributed by atoms with E-state index in [-0.39, 0.29) is 18.3 Å². The number of hydrogen-bond acceptors (Lipinski definition) is 3. The van der Waals surface area contributed by atoms with E-state index in [1.807, 2.05) is 18.2 Å². The molecule has 0 amide bonds. The largest absolute Gasteiger partial charge is 0.494 e. The molecule has 1 heterocycles. The first kappa shape index (κ1) is 13.5. The van der Waals surface area contributed by atoms with Gasteiger partial charge >= 0.3 is 7.12 Å². The Bertz CT molecular complexity index is 651. The average molecular weight is 269 g/mol. The Labute approximate surface area is 120 Å². The SMILES string of the molecule is CC1(C)OB(c2ccc3cccc(N)c3c2)OC1(C)C. The van der Waals surface area contributed by atoms with Crippen LogP contribution in [0, 0.1) is 0 Å². The Morgan fingerprint density at radius 2 is 1.60 bits per heavy atom. The van der Waals surface area contributed by atoms with Crippen molar-refractivity contribution in [2.75, 3.05) is 5.73 Å². The minimum atomic E-state index is -0.344. The monoisotopic (exact) mass is 269 g/mol. The van der Waals surface area contributed by atoms with Crippen molar-refractivity contribution in [1.29, 1.82) is 0 Å². The van der Waals surface area contributed by atoms with Crippen LogP contribution in [0.25, 0.3) is 10.8 Å². The third kappa shape index (κ3) is 2.00. The maximum Gasteiger partial charge on any atom is 0.494 e. The highest BCUT2D eigenvalue weighted by Crippen LogP contribution is 2.36. The molecule has 0 saturated carbocycles. The molecule has 1 fully saturated rings. The molecule has 1 aliphatic rings. The average Bonchev–Trinajstić information content (AvgIpc) is 2.59. The zero-order valence-corrected chi connectivity index (χ0v) is 12.4. The second-order valence-electron chi connectivity index (χ2n) is 6.42. The Morgan fingerprint density at radius 3 is 2.25 bits per heavy atom. The Hall–Kier alpha value is -1.52. The van der Waals surface area contributed by atoms with E-state index in [4.69, 9.17) is 15.0 Å². The maximum atomic E-state index is 6.08. The molecule has 0 aromatic heterocycles. The van der Waals surface area contributed by atoms with Gasteiger partial charge in [-0.05, 0) is 44.6 Å². The van der Waals surface area contributed by atoms with E-state index < -0.39 is 0 Å². The van der Waals surface area contributed by atoms with Crippen LogP contribution < -0.4 is 11.2 Å². The van der Waals surface area contributed by atoms with Crippen LogP contribution in [0.5, 0.6) is 0 Å². The number of nitrogens with two attached hydrogens (primary N) is 1. The lowest BCUT2D eigenvalue weighted by Gasteiger charge is -2.32. The van der Waals surface area contributed by atoms with Gasteiger partial charge in [-0.1, -0.05) is 30.3 Å². The highest BCUT2D eigenvalue weighted by molar-refractivity contribution is 6.62. The molecule has 0 unspecified atom stereocenters. The van der Waals surface area contributed by atoms with Crippen LogP contribution in [0.1, 0.15) is 27.7 Å². The van der Waals surface area contributed by atoms with Crippen molar-refractivity contribution in [2.45, 2.75) is 38.9 Å². The summed E-state index contributed by atoms with van der Waals surface area (Å²) in [5.74, 6) is 0. The molecule has 3 nitrogen and oxygen atoms in total. The fourth-order valence-electron chi connectivity index (χ4n) is 2.44. The minimum absolute atomic E-state index is 0.325. The maximum absolute atomic E-state index is 6.08. The van der Waals surface area contributed by atoms with E-state index in [2.05, 4.69) is 45.9 Å². The van der Waals surface area contributed by atoms with Gasteiger partial charge in [0.15, 0.2) is 0 Å². The van der Waals surface area contributed by atoms with E-state index in [0.717, 1.165) is 21.9 Å². The smallest absolute Gasteiger partial charge is 0.399 e. The fraction of sp³-hybridized carbons (Fsp3) is 0.375. The molecule has 2 aromatic carbocycles. The van der Waals surface area contributed by atoms with E-state index in [1.165, 1.54) is 0 Å². The predicted octanol–water partition coefficient (Wildman–Crippen LogP) is 2.72. The highest BCUT2D eigenvalue weighted by atomic mass is 16.7. The first-order chi connectivity index (χ1) is 9.30. The molecule has 20 heavy (non-hydrogen) atoms. The number of nitrogen functional groups attached to an aromatic ring is 1. The van der Waals surface area contributed by atoms with Crippen LogP contribution >= 0.6 is 0 Å². The third-order valence-electron chi connectivity index (χ3n) is 4.47. The quantitative estimate of drug-likeness (QED) is 0.639. The van der Waals surface area contributed by atoms with Gasteiger partial charge in [0.25, 0.3) is 0 Å². The summed E-state index contributed by atoms with van der Waals surface area (Å²) in [5, 5.41) is 2.17. The molecule has 1 saturated heterocycles. The molecule has 4 heteroatoms. The summed E-state index contributed by atoms with van der Waals surface area (Å²) in [6, 6.07) is 12.1. The Kier molecular flexibility index (Phi) is 2.85. The lowest BCUT2D eigenvalue weighted by molar-refractivity contribution is 0.00578. The van der Waals surface area contributed by atoms with Gasteiger partial charge in [-0.3, -0.25) is 0 Å². The van der Waals surface area contributed by atoms with E-state index >= 15 is 0 Å². The van der Waals surface area contributed by atoms with E-state index in [9.17, 15) is 0 Å². The fourth-order valence-corrected chi connectivity index (χ4v) is 2.44. The van der Waals surface area contributed by atoms with Crippen LogP contribution in [-0.2, 0) is 9.31 Å². The van der Waals surface area contributed by atoms with Crippen LogP contribution in [0.2, 0.25) is 0 Å². The summed E-state index contributed by atoms with van der Waals surface area (Å²) in [5.41, 5.74) is 7.19. The van der Waals surface area contributed by atoms with Gasteiger partial charge < -0.3 is 15.0 Å². The predicted molar refractivity (Wildman–Crippen MR) is 84.1 cm³/mol. The first-order valence-corrected chi connectivity index (χ1v) is 6.94. The molecule has 2 N–H and O–H groups in total. The first-order valence-electron chi connectivity index (χ1n) is 6.94. The molecular weight excluding hydrogens is 249 g/mol.